The van der Waals surface area contributed by atoms with E-state index in [-0.39, 0.29) is 5.82 Å². The van der Waals surface area contributed by atoms with Gasteiger partial charge in [-0.05, 0) is 31.0 Å². The van der Waals surface area contributed by atoms with Crippen molar-refractivity contribution in [3.8, 4) is 0 Å². The SMILES string of the molecule is Fc1ccc2nc(NCCCCn3ccnc3)[nH]c2c1. The van der Waals surface area contributed by atoms with Crippen molar-refractivity contribution in [2.75, 3.05) is 11.9 Å². The van der Waals surface area contributed by atoms with Crippen molar-refractivity contribution in [2.24, 2.45) is 0 Å². The summed E-state index contributed by atoms with van der Waals surface area (Å²) in [6, 6.07) is 4.54. The molecule has 2 heterocycles. The highest BCUT2D eigenvalue weighted by Crippen LogP contribution is 2.15. The van der Waals surface area contributed by atoms with E-state index in [2.05, 4.69) is 24.8 Å². The molecule has 2 N–H and O–H groups in total. The van der Waals surface area contributed by atoms with E-state index in [1.54, 1.807) is 12.3 Å². The van der Waals surface area contributed by atoms with Crippen LogP contribution in [-0.2, 0) is 6.54 Å². The fourth-order valence-electron chi connectivity index (χ4n) is 2.11. The van der Waals surface area contributed by atoms with Crippen LogP contribution in [0.4, 0.5) is 10.3 Å². The van der Waals surface area contributed by atoms with Crippen LogP contribution in [0.2, 0.25) is 0 Å². The van der Waals surface area contributed by atoms with E-state index in [4.69, 9.17) is 0 Å². The highest BCUT2D eigenvalue weighted by atomic mass is 19.1. The van der Waals surface area contributed by atoms with Crippen molar-refractivity contribution >= 4 is 17.0 Å². The zero-order valence-corrected chi connectivity index (χ0v) is 11.0. The van der Waals surface area contributed by atoms with Gasteiger partial charge >= 0.3 is 0 Å². The van der Waals surface area contributed by atoms with Crippen molar-refractivity contribution in [1.82, 2.24) is 19.5 Å². The predicted octanol–water partition coefficient (Wildman–Crippen LogP) is 2.79. The molecular formula is C14H16FN5. The van der Waals surface area contributed by atoms with Crippen LogP contribution in [0, 0.1) is 5.82 Å². The second-order valence-electron chi connectivity index (χ2n) is 4.68. The van der Waals surface area contributed by atoms with Gasteiger partial charge < -0.3 is 14.9 Å². The van der Waals surface area contributed by atoms with Crippen LogP contribution in [0.25, 0.3) is 11.0 Å². The average molecular weight is 273 g/mol. The molecule has 0 aliphatic heterocycles. The predicted molar refractivity (Wildman–Crippen MR) is 76.0 cm³/mol. The molecule has 2 aromatic heterocycles. The molecule has 6 heteroatoms. The van der Waals surface area contributed by atoms with E-state index < -0.39 is 0 Å². The quantitative estimate of drug-likeness (QED) is 0.679. The fraction of sp³-hybridized carbons (Fsp3) is 0.286. The summed E-state index contributed by atoms with van der Waals surface area (Å²) in [7, 11) is 0. The van der Waals surface area contributed by atoms with Gasteiger partial charge in [0.05, 0.1) is 17.4 Å². The molecule has 3 aromatic rings. The monoisotopic (exact) mass is 273 g/mol. The number of aromatic amines is 1. The number of imidazole rings is 2. The number of halogens is 1. The molecule has 0 radical (unpaired) electrons. The van der Waals surface area contributed by atoms with Gasteiger partial charge in [0.1, 0.15) is 5.82 Å². The van der Waals surface area contributed by atoms with Gasteiger partial charge in [-0.15, -0.1) is 0 Å². The first kappa shape index (κ1) is 12.7. The topological polar surface area (TPSA) is 58.5 Å². The summed E-state index contributed by atoms with van der Waals surface area (Å²) in [6.45, 7) is 1.80. The molecule has 104 valence electrons. The summed E-state index contributed by atoms with van der Waals surface area (Å²) >= 11 is 0. The molecule has 0 bridgehead atoms. The number of nitrogens with zero attached hydrogens (tertiary/aromatic N) is 3. The number of hydrogen-bond donors (Lipinski definition) is 2. The van der Waals surface area contributed by atoms with Gasteiger partial charge in [-0.1, -0.05) is 0 Å². The number of fused-ring (bicyclic) bond motifs is 1. The molecule has 3 rings (SSSR count). The number of nitrogens with one attached hydrogen (secondary N) is 2. The smallest absolute Gasteiger partial charge is 0.201 e. The van der Waals surface area contributed by atoms with Gasteiger partial charge in [-0.3, -0.25) is 0 Å². The van der Waals surface area contributed by atoms with Crippen LogP contribution in [0.1, 0.15) is 12.8 Å². The minimum absolute atomic E-state index is 0.256. The lowest BCUT2D eigenvalue weighted by molar-refractivity contribution is 0.620. The number of rotatable bonds is 6. The Morgan fingerprint density at radius 1 is 1.30 bits per heavy atom. The van der Waals surface area contributed by atoms with Gasteiger partial charge in [-0.2, -0.15) is 0 Å². The molecule has 0 atom stereocenters. The van der Waals surface area contributed by atoms with Gasteiger partial charge in [-0.25, -0.2) is 14.4 Å². The van der Waals surface area contributed by atoms with Crippen molar-refractivity contribution in [3.05, 3.63) is 42.7 Å². The van der Waals surface area contributed by atoms with Crippen LogP contribution in [0.15, 0.2) is 36.9 Å². The number of aryl methyl sites for hydroxylation is 1. The molecule has 1 aromatic carbocycles. The maximum absolute atomic E-state index is 13.1. The molecule has 20 heavy (non-hydrogen) atoms. The second kappa shape index (κ2) is 5.73. The first-order valence-electron chi connectivity index (χ1n) is 6.66. The van der Waals surface area contributed by atoms with E-state index in [0.717, 1.165) is 31.4 Å². The standard InChI is InChI=1S/C14H16FN5/c15-11-3-4-12-13(9-11)19-14(18-12)17-5-1-2-7-20-8-6-16-10-20/h3-4,6,8-10H,1-2,5,7H2,(H2,17,18,19). The van der Waals surface area contributed by atoms with Gasteiger partial charge in [0.25, 0.3) is 0 Å². The number of H-pyrrole nitrogens is 1. The summed E-state index contributed by atoms with van der Waals surface area (Å²) in [5, 5.41) is 3.22. The Hall–Kier alpha value is -2.37. The third kappa shape index (κ3) is 2.96. The third-order valence-corrected chi connectivity index (χ3v) is 3.14. The van der Waals surface area contributed by atoms with Gasteiger partial charge in [0.15, 0.2) is 0 Å². The first-order chi connectivity index (χ1) is 9.81. The highest BCUT2D eigenvalue weighted by molar-refractivity contribution is 5.77. The van der Waals surface area contributed by atoms with E-state index >= 15 is 0 Å². The van der Waals surface area contributed by atoms with Crippen LogP contribution in [0.3, 0.4) is 0 Å². The molecule has 5 nitrogen and oxygen atoms in total. The van der Waals surface area contributed by atoms with E-state index in [9.17, 15) is 4.39 Å². The molecule has 0 spiro atoms. The largest absolute Gasteiger partial charge is 0.356 e. The lowest BCUT2D eigenvalue weighted by Gasteiger charge is -2.03. The normalized spacial score (nSPS) is 11.1. The van der Waals surface area contributed by atoms with Crippen molar-refractivity contribution in [3.63, 3.8) is 0 Å². The molecule has 0 saturated heterocycles. The number of hydrogen-bond acceptors (Lipinski definition) is 3. The maximum Gasteiger partial charge on any atom is 0.201 e. The summed E-state index contributed by atoms with van der Waals surface area (Å²) < 4.78 is 15.1. The molecular weight excluding hydrogens is 257 g/mol. The number of anilines is 1. The van der Waals surface area contributed by atoms with Crippen molar-refractivity contribution < 1.29 is 4.39 Å². The van der Waals surface area contributed by atoms with E-state index in [1.807, 2.05) is 12.5 Å². The summed E-state index contributed by atoms with van der Waals surface area (Å²) in [5.74, 6) is 0.432. The van der Waals surface area contributed by atoms with Crippen LogP contribution >= 0.6 is 0 Å². The Bertz CT molecular complexity index is 674. The number of unbranched alkanes of at least 4 members (excludes halogenated alkanes) is 1. The lowest BCUT2D eigenvalue weighted by atomic mass is 10.3. The lowest BCUT2D eigenvalue weighted by Crippen LogP contribution is -2.04. The summed E-state index contributed by atoms with van der Waals surface area (Å²) in [4.78, 5) is 11.4. The van der Waals surface area contributed by atoms with Crippen LogP contribution < -0.4 is 5.32 Å². The highest BCUT2D eigenvalue weighted by Gasteiger charge is 2.02. The molecule has 0 unspecified atom stereocenters. The number of benzene rings is 1. The fourth-order valence-corrected chi connectivity index (χ4v) is 2.11. The Kier molecular flexibility index (Phi) is 3.62. The Balaban J connectivity index is 1.47. The number of aromatic nitrogens is 4. The van der Waals surface area contributed by atoms with Gasteiger partial charge in [0, 0.05) is 25.5 Å². The van der Waals surface area contributed by atoms with E-state index in [1.165, 1.54) is 12.1 Å². The Morgan fingerprint density at radius 2 is 2.25 bits per heavy atom. The minimum atomic E-state index is -0.256. The zero-order valence-electron chi connectivity index (χ0n) is 11.0. The van der Waals surface area contributed by atoms with Gasteiger partial charge in [0.2, 0.25) is 5.95 Å². The maximum atomic E-state index is 13.1. The molecule has 0 aliphatic rings. The Morgan fingerprint density at radius 3 is 3.10 bits per heavy atom. The van der Waals surface area contributed by atoms with Crippen molar-refractivity contribution in [2.45, 2.75) is 19.4 Å². The van der Waals surface area contributed by atoms with Crippen LogP contribution in [0.5, 0.6) is 0 Å². The van der Waals surface area contributed by atoms with E-state index in [0.29, 0.717) is 11.5 Å². The minimum Gasteiger partial charge on any atom is -0.356 e. The summed E-state index contributed by atoms with van der Waals surface area (Å²) in [5.41, 5.74) is 1.48. The average Bonchev–Trinajstić information content (AvgIpc) is 3.06. The second-order valence-corrected chi connectivity index (χ2v) is 4.68. The molecule has 0 amide bonds. The Labute approximate surface area is 115 Å². The van der Waals surface area contributed by atoms with Crippen LogP contribution in [-0.4, -0.2) is 26.1 Å². The zero-order chi connectivity index (χ0) is 13.8. The molecule has 0 aliphatic carbocycles. The third-order valence-electron chi connectivity index (χ3n) is 3.14. The molecule has 0 fully saturated rings. The first-order valence-corrected chi connectivity index (χ1v) is 6.66. The van der Waals surface area contributed by atoms with Crippen molar-refractivity contribution in [1.29, 1.82) is 0 Å². The molecule has 0 saturated carbocycles. The summed E-state index contributed by atoms with van der Waals surface area (Å²) in [6.07, 6.45) is 7.66.